The normalized spacial score (nSPS) is 30.3. The molecule has 0 aromatic heterocycles. The Hall–Kier alpha value is -0.0400. The molecule has 4 nitrogen and oxygen atoms in total. The standard InChI is InChI=1S/C12H23N3O.HI/c1-12(7-4-8-16-12)9-14-11(13)15-10-5-2-3-6-10;/h10H,2-9H2,1H3,(H3,13,14,15);1H. The van der Waals surface area contributed by atoms with Crippen molar-refractivity contribution in [2.24, 2.45) is 10.7 Å². The number of nitrogens with one attached hydrogen (secondary N) is 1. The number of halogens is 1. The second-order valence-electron chi connectivity index (χ2n) is 5.23. The molecule has 0 aromatic rings. The molecule has 1 saturated carbocycles. The van der Waals surface area contributed by atoms with Crippen molar-refractivity contribution < 1.29 is 4.74 Å². The molecule has 2 rings (SSSR count). The molecule has 0 bridgehead atoms. The van der Waals surface area contributed by atoms with Gasteiger partial charge in [-0.3, -0.25) is 4.99 Å². The average Bonchev–Trinajstić information content (AvgIpc) is 2.88. The molecule has 1 atom stereocenters. The minimum absolute atomic E-state index is 0. The molecule has 5 heteroatoms. The van der Waals surface area contributed by atoms with Gasteiger partial charge in [-0.2, -0.15) is 0 Å². The van der Waals surface area contributed by atoms with E-state index in [1.54, 1.807) is 0 Å². The van der Waals surface area contributed by atoms with Gasteiger partial charge in [0.05, 0.1) is 12.1 Å². The van der Waals surface area contributed by atoms with Crippen LogP contribution in [-0.4, -0.2) is 30.8 Å². The molecule has 17 heavy (non-hydrogen) atoms. The average molecular weight is 353 g/mol. The quantitative estimate of drug-likeness (QED) is 0.464. The minimum atomic E-state index is -0.0814. The zero-order valence-electron chi connectivity index (χ0n) is 10.6. The molecule has 0 spiro atoms. The lowest BCUT2D eigenvalue weighted by Crippen LogP contribution is -2.40. The maximum Gasteiger partial charge on any atom is 0.188 e. The molecule has 100 valence electrons. The summed E-state index contributed by atoms with van der Waals surface area (Å²) < 4.78 is 5.67. The van der Waals surface area contributed by atoms with Crippen molar-refractivity contribution in [3.8, 4) is 0 Å². The summed E-state index contributed by atoms with van der Waals surface area (Å²) in [4.78, 5) is 4.40. The first-order valence-corrected chi connectivity index (χ1v) is 6.38. The first-order valence-electron chi connectivity index (χ1n) is 6.38. The molecule has 0 amide bonds. The van der Waals surface area contributed by atoms with Crippen LogP contribution >= 0.6 is 24.0 Å². The van der Waals surface area contributed by atoms with Crippen LogP contribution < -0.4 is 11.1 Å². The Morgan fingerprint density at radius 2 is 2.12 bits per heavy atom. The van der Waals surface area contributed by atoms with Gasteiger partial charge in [-0.25, -0.2) is 0 Å². The van der Waals surface area contributed by atoms with Crippen LogP contribution in [0.25, 0.3) is 0 Å². The third-order valence-corrected chi connectivity index (χ3v) is 3.59. The molecular weight excluding hydrogens is 329 g/mol. The van der Waals surface area contributed by atoms with E-state index in [9.17, 15) is 0 Å². The van der Waals surface area contributed by atoms with Crippen molar-refractivity contribution >= 4 is 29.9 Å². The zero-order valence-corrected chi connectivity index (χ0v) is 12.9. The van der Waals surface area contributed by atoms with E-state index in [2.05, 4.69) is 17.2 Å². The maximum absolute atomic E-state index is 5.87. The number of rotatable bonds is 3. The second-order valence-corrected chi connectivity index (χ2v) is 5.23. The van der Waals surface area contributed by atoms with Crippen molar-refractivity contribution in [3.63, 3.8) is 0 Å². The Kier molecular flexibility index (Phi) is 5.99. The van der Waals surface area contributed by atoms with Crippen molar-refractivity contribution in [1.29, 1.82) is 0 Å². The number of nitrogens with two attached hydrogens (primary N) is 1. The Morgan fingerprint density at radius 1 is 1.41 bits per heavy atom. The van der Waals surface area contributed by atoms with Gasteiger partial charge in [0.15, 0.2) is 5.96 Å². The summed E-state index contributed by atoms with van der Waals surface area (Å²) in [5.74, 6) is 0.587. The number of hydrogen-bond donors (Lipinski definition) is 2. The molecule has 1 aliphatic heterocycles. The van der Waals surface area contributed by atoms with Crippen LogP contribution in [-0.2, 0) is 4.74 Å². The predicted molar refractivity (Wildman–Crippen MR) is 80.9 cm³/mol. The second kappa shape index (κ2) is 6.78. The van der Waals surface area contributed by atoms with E-state index in [1.165, 1.54) is 25.7 Å². The first-order chi connectivity index (χ1) is 7.68. The number of nitrogens with zero attached hydrogens (tertiary/aromatic N) is 1. The van der Waals surface area contributed by atoms with Gasteiger partial charge >= 0.3 is 0 Å². The molecular formula is C12H24IN3O. The van der Waals surface area contributed by atoms with Gasteiger partial charge in [0.1, 0.15) is 0 Å². The summed E-state index contributed by atoms with van der Waals surface area (Å²) in [7, 11) is 0. The summed E-state index contributed by atoms with van der Waals surface area (Å²) in [6.45, 7) is 3.66. The summed E-state index contributed by atoms with van der Waals surface area (Å²) >= 11 is 0. The smallest absolute Gasteiger partial charge is 0.188 e. The largest absolute Gasteiger partial charge is 0.373 e. The third-order valence-electron chi connectivity index (χ3n) is 3.59. The maximum atomic E-state index is 5.87. The van der Waals surface area contributed by atoms with Crippen molar-refractivity contribution in [3.05, 3.63) is 0 Å². The minimum Gasteiger partial charge on any atom is -0.373 e. The molecule has 3 N–H and O–H groups in total. The van der Waals surface area contributed by atoms with Gasteiger partial charge in [-0.05, 0) is 32.6 Å². The van der Waals surface area contributed by atoms with E-state index in [-0.39, 0.29) is 29.6 Å². The van der Waals surface area contributed by atoms with Crippen LogP contribution in [0.2, 0.25) is 0 Å². The van der Waals surface area contributed by atoms with Crippen LogP contribution in [0.3, 0.4) is 0 Å². The van der Waals surface area contributed by atoms with Crippen molar-refractivity contribution in [1.82, 2.24) is 5.32 Å². The molecule has 1 heterocycles. The first kappa shape index (κ1) is 15.0. The van der Waals surface area contributed by atoms with E-state index in [1.807, 2.05) is 0 Å². The lowest BCUT2D eigenvalue weighted by atomic mass is 10.0. The van der Waals surface area contributed by atoms with E-state index in [4.69, 9.17) is 10.5 Å². The Morgan fingerprint density at radius 3 is 2.71 bits per heavy atom. The zero-order chi connectivity index (χ0) is 11.4. The number of guanidine groups is 1. The van der Waals surface area contributed by atoms with Crippen molar-refractivity contribution in [2.75, 3.05) is 13.2 Å². The highest BCUT2D eigenvalue weighted by atomic mass is 127. The molecule has 2 aliphatic rings. The van der Waals surface area contributed by atoms with Gasteiger partial charge in [0, 0.05) is 12.6 Å². The molecule has 0 aromatic carbocycles. The topological polar surface area (TPSA) is 59.6 Å². The Balaban J connectivity index is 0.00000144. The van der Waals surface area contributed by atoms with E-state index in [0.29, 0.717) is 18.5 Å². The van der Waals surface area contributed by atoms with Crippen LogP contribution in [0.5, 0.6) is 0 Å². The summed E-state index contributed by atoms with van der Waals surface area (Å²) in [5, 5.41) is 3.29. The van der Waals surface area contributed by atoms with E-state index in [0.717, 1.165) is 19.4 Å². The highest BCUT2D eigenvalue weighted by Gasteiger charge is 2.29. The number of ether oxygens (including phenoxy) is 1. The van der Waals surface area contributed by atoms with Crippen LogP contribution in [0.4, 0.5) is 0 Å². The fraction of sp³-hybridized carbons (Fsp3) is 0.917. The third kappa shape index (κ3) is 4.62. The summed E-state index contributed by atoms with van der Waals surface area (Å²) in [5.41, 5.74) is 5.79. The van der Waals surface area contributed by atoms with Crippen molar-refractivity contribution in [2.45, 2.75) is 57.1 Å². The highest BCUT2D eigenvalue weighted by molar-refractivity contribution is 14.0. The van der Waals surface area contributed by atoms with Gasteiger partial charge in [0.2, 0.25) is 0 Å². The van der Waals surface area contributed by atoms with Gasteiger partial charge in [0.25, 0.3) is 0 Å². The predicted octanol–water partition coefficient (Wildman–Crippen LogP) is 2.02. The van der Waals surface area contributed by atoms with Crippen LogP contribution in [0, 0.1) is 0 Å². The molecule has 1 aliphatic carbocycles. The fourth-order valence-electron chi connectivity index (χ4n) is 2.54. The highest BCUT2D eigenvalue weighted by Crippen LogP contribution is 2.25. The Bertz CT molecular complexity index is 258. The van der Waals surface area contributed by atoms with Crippen LogP contribution in [0.15, 0.2) is 4.99 Å². The van der Waals surface area contributed by atoms with Gasteiger partial charge < -0.3 is 15.8 Å². The van der Waals surface area contributed by atoms with Gasteiger partial charge in [-0.15, -0.1) is 24.0 Å². The summed E-state index contributed by atoms with van der Waals surface area (Å²) in [6.07, 6.45) is 7.31. The number of hydrogen-bond acceptors (Lipinski definition) is 2. The van der Waals surface area contributed by atoms with Gasteiger partial charge in [-0.1, -0.05) is 12.8 Å². The number of aliphatic imine (C=N–C) groups is 1. The molecule has 0 radical (unpaired) electrons. The lowest BCUT2D eigenvalue weighted by Gasteiger charge is -2.21. The molecule has 1 unspecified atom stereocenters. The molecule has 1 saturated heterocycles. The fourth-order valence-corrected chi connectivity index (χ4v) is 2.54. The lowest BCUT2D eigenvalue weighted by molar-refractivity contribution is 0.0284. The van der Waals surface area contributed by atoms with E-state index < -0.39 is 0 Å². The molecule has 2 fully saturated rings. The van der Waals surface area contributed by atoms with E-state index >= 15 is 0 Å². The SMILES string of the molecule is CC1(CN=C(N)NC2CCCC2)CCCO1.I. The van der Waals surface area contributed by atoms with Crippen LogP contribution in [0.1, 0.15) is 45.4 Å². The monoisotopic (exact) mass is 353 g/mol. The Labute approximate surface area is 121 Å². The summed E-state index contributed by atoms with van der Waals surface area (Å²) in [6, 6.07) is 0.543.